The van der Waals surface area contributed by atoms with Crippen molar-refractivity contribution in [2.75, 3.05) is 20.1 Å². The van der Waals surface area contributed by atoms with E-state index in [-0.39, 0.29) is 0 Å². The summed E-state index contributed by atoms with van der Waals surface area (Å²) >= 11 is 0. The third kappa shape index (κ3) is 3.33. The van der Waals surface area contributed by atoms with Crippen LogP contribution in [0.25, 0.3) is 0 Å². The van der Waals surface area contributed by atoms with Crippen LogP contribution in [0.5, 0.6) is 0 Å². The molecule has 0 aromatic heterocycles. The molecule has 0 radical (unpaired) electrons. The van der Waals surface area contributed by atoms with Gasteiger partial charge in [0.25, 0.3) is 0 Å². The summed E-state index contributed by atoms with van der Waals surface area (Å²) in [5.74, 6) is 0.889. The van der Waals surface area contributed by atoms with Crippen molar-refractivity contribution in [3.05, 3.63) is 12.2 Å². The van der Waals surface area contributed by atoms with Gasteiger partial charge in [-0.15, -0.1) is 0 Å². The molecular weight excluding hydrogens is 196 g/mol. The Morgan fingerprint density at radius 1 is 1.31 bits per heavy atom. The van der Waals surface area contributed by atoms with E-state index in [2.05, 4.69) is 36.3 Å². The van der Waals surface area contributed by atoms with Crippen LogP contribution in [0.4, 0.5) is 0 Å². The Kier molecular flexibility index (Phi) is 4.42. The number of nitrogens with zero attached hydrogens (tertiary/aromatic N) is 1. The van der Waals surface area contributed by atoms with E-state index in [1.807, 2.05) is 0 Å². The van der Waals surface area contributed by atoms with Crippen molar-refractivity contribution in [2.24, 2.45) is 5.92 Å². The van der Waals surface area contributed by atoms with Gasteiger partial charge < -0.3 is 10.2 Å². The summed E-state index contributed by atoms with van der Waals surface area (Å²) in [4.78, 5) is 2.47. The van der Waals surface area contributed by atoms with Crippen molar-refractivity contribution in [2.45, 2.75) is 51.1 Å². The first-order valence-corrected chi connectivity index (χ1v) is 6.84. The quantitative estimate of drug-likeness (QED) is 0.738. The summed E-state index contributed by atoms with van der Waals surface area (Å²) in [5, 5.41) is 3.78. The lowest BCUT2D eigenvalue weighted by Crippen LogP contribution is -2.46. The van der Waals surface area contributed by atoms with E-state index >= 15 is 0 Å². The SMILES string of the molecule is CC1CC(NCC2CC=CCC2)CCN1C. The van der Waals surface area contributed by atoms with Gasteiger partial charge in [0.15, 0.2) is 0 Å². The van der Waals surface area contributed by atoms with Gasteiger partial charge in [-0.2, -0.15) is 0 Å². The monoisotopic (exact) mass is 222 g/mol. The molecular formula is C14H26N2. The first-order valence-electron chi connectivity index (χ1n) is 6.84. The van der Waals surface area contributed by atoms with Gasteiger partial charge in [-0.3, -0.25) is 0 Å². The minimum atomic E-state index is 0.748. The van der Waals surface area contributed by atoms with Crippen molar-refractivity contribution < 1.29 is 0 Å². The highest BCUT2D eigenvalue weighted by Gasteiger charge is 2.22. The van der Waals surface area contributed by atoms with Gasteiger partial charge in [0.05, 0.1) is 0 Å². The first kappa shape index (κ1) is 12.1. The number of rotatable bonds is 3. The normalized spacial score (nSPS) is 36.5. The maximum atomic E-state index is 3.78. The maximum absolute atomic E-state index is 3.78. The highest BCUT2D eigenvalue weighted by atomic mass is 15.1. The molecule has 1 saturated heterocycles. The number of hydrogen-bond donors (Lipinski definition) is 1. The van der Waals surface area contributed by atoms with Crippen molar-refractivity contribution in [1.29, 1.82) is 0 Å². The second-order valence-corrected chi connectivity index (χ2v) is 5.61. The highest BCUT2D eigenvalue weighted by molar-refractivity contribution is 4.91. The van der Waals surface area contributed by atoms with Crippen LogP contribution in [0.2, 0.25) is 0 Å². The Labute approximate surface area is 100 Å². The molecule has 2 rings (SSSR count). The van der Waals surface area contributed by atoms with Crippen LogP contribution >= 0.6 is 0 Å². The van der Waals surface area contributed by atoms with Gasteiger partial charge in [0.1, 0.15) is 0 Å². The van der Waals surface area contributed by atoms with Crippen molar-refractivity contribution >= 4 is 0 Å². The minimum Gasteiger partial charge on any atom is -0.314 e. The second-order valence-electron chi connectivity index (χ2n) is 5.61. The van der Waals surface area contributed by atoms with E-state index in [1.165, 1.54) is 45.2 Å². The van der Waals surface area contributed by atoms with Crippen LogP contribution in [0.15, 0.2) is 12.2 Å². The standard InChI is InChI=1S/C14H26N2/c1-12-10-14(8-9-16(12)2)15-11-13-6-4-3-5-7-13/h3-4,12-15H,5-11H2,1-2H3. The predicted octanol–water partition coefficient (Wildman–Crippen LogP) is 2.42. The molecule has 1 fully saturated rings. The van der Waals surface area contributed by atoms with E-state index < -0.39 is 0 Å². The fraction of sp³-hybridized carbons (Fsp3) is 0.857. The molecule has 1 heterocycles. The van der Waals surface area contributed by atoms with E-state index in [0.717, 1.165) is 18.0 Å². The van der Waals surface area contributed by atoms with E-state index in [9.17, 15) is 0 Å². The zero-order valence-corrected chi connectivity index (χ0v) is 10.8. The van der Waals surface area contributed by atoms with Gasteiger partial charge in [0, 0.05) is 12.1 Å². The zero-order valence-electron chi connectivity index (χ0n) is 10.8. The molecule has 2 heteroatoms. The van der Waals surface area contributed by atoms with Crippen LogP contribution in [0, 0.1) is 5.92 Å². The number of allylic oxidation sites excluding steroid dienone is 2. The summed E-state index contributed by atoms with van der Waals surface area (Å²) in [6, 6.07) is 1.51. The topological polar surface area (TPSA) is 15.3 Å². The summed E-state index contributed by atoms with van der Waals surface area (Å²) in [6.45, 7) is 4.83. The van der Waals surface area contributed by atoms with Crippen LogP contribution in [0.3, 0.4) is 0 Å². The van der Waals surface area contributed by atoms with Crippen molar-refractivity contribution in [3.8, 4) is 0 Å². The van der Waals surface area contributed by atoms with E-state index in [4.69, 9.17) is 0 Å². The average molecular weight is 222 g/mol. The van der Waals surface area contributed by atoms with Crippen molar-refractivity contribution in [1.82, 2.24) is 10.2 Å². The summed E-state index contributed by atoms with van der Waals surface area (Å²) in [5.41, 5.74) is 0. The summed E-state index contributed by atoms with van der Waals surface area (Å²) in [6.07, 6.45) is 11.3. The molecule has 2 aliphatic rings. The molecule has 0 saturated carbocycles. The average Bonchev–Trinajstić information content (AvgIpc) is 2.32. The number of hydrogen-bond acceptors (Lipinski definition) is 2. The summed E-state index contributed by atoms with van der Waals surface area (Å²) in [7, 11) is 2.24. The van der Waals surface area contributed by atoms with Gasteiger partial charge >= 0.3 is 0 Å². The predicted molar refractivity (Wildman–Crippen MR) is 69.6 cm³/mol. The minimum absolute atomic E-state index is 0.748. The lowest BCUT2D eigenvalue weighted by molar-refractivity contribution is 0.165. The molecule has 0 aromatic rings. The lowest BCUT2D eigenvalue weighted by Gasteiger charge is -2.36. The Hall–Kier alpha value is -0.340. The fourth-order valence-corrected chi connectivity index (χ4v) is 2.85. The zero-order chi connectivity index (χ0) is 11.4. The number of piperidine rings is 1. The smallest absolute Gasteiger partial charge is 0.00941 e. The molecule has 0 bridgehead atoms. The molecule has 92 valence electrons. The highest BCUT2D eigenvalue weighted by Crippen LogP contribution is 2.19. The van der Waals surface area contributed by atoms with E-state index in [0.29, 0.717) is 0 Å². The number of nitrogens with one attached hydrogen (secondary N) is 1. The second kappa shape index (κ2) is 5.83. The molecule has 1 N–H and O–H groups in total. The van der Waals surface area contributed by atoms with Crippen LogP contribution in [0.1, 0.15) is 39.0 Å². The fourth-order valence-electron chi connectivity index (χ4n) is 2.85. The van der Waals surface area contributed by atoms with E-state index in [1.54, 1.807) is 0 Å². The Morgan fingerprint density at radius 2 is 2.19 bits per heavy atom. The Morgan fingerprint density at radius 3 is 2.88 bits per heavy atom. The third-order valence-electron chi connectivity index (χ3n) is 4.28. The maximum Gasteiger partial charge on any atom is 0.00941 e. The first-order chi connectivity index (χ1) is 7.75. The third-order valence-corrected chi connectivity index (χ3v) is 4.28. The van der Waals surface area contributed by atoms with Crippen LogP contribution in [-0.2, 0) is 0 Å². The Bertz CT molecular complexity index is 237. The molecule has 2 nitrogen and oxygen atoms in total. The van der Waals surface area contributed by atoms with Gasteiger partial charge in [0.2, 0.25) is 0 Å². The molecule has 1 aliphatic carbocycles. The largest absolute Gasteiger partial charge is 0.314 e. The molecule has 16 heavy (non-hydrogen) atoms. The van der Waals surface area contributed by atoms with Crippen LogP contribution in [-0.4, -0.2) is 37.1 Å². The van der Waals surface area contributed by atoms with Gasteiger partial charge in [-0.25, -0.2) is 0 Å². The molecule has 0 spiro atoms. The molecule has 1 aliphatic heterocycles. The molecule has 3 atom stereocenters. The summed E-state index contributed by atoms with van der Waals surface area (Å²) < 4.78 is 0. The molecule has 0 aromatic carbocycles. The van der Waals surface area contributed by atoms with Gasteiger partial charge in [-0.05, 0) is 65.1 Å². The molecule has 0 amide bonds. The molecule has 3 unspecified atom stereocenters. The van der Waals surface area contributed by atoms with Crippen molar-refractivity contribution in [3.63, 3.8) is 0 Å². The lowest BCUT2D eigenvalue weighted by atomic mass is 9.93. The van der Waals surface area contributed by atoms with Crippen LogP contribution < -0.4 is 5.32 Å². The number of likely N-dealkylation sites (tertiary alicyclic amines) is 1. The Balaban J connectivity index is 1.68. The van der Waals surface area contributed by atoms with Gasteiger partial charge in [-0.1, -0.05) is 12.2 Å².